The van der Waals surface area contributed by atoms with Gasteiger partial charge in [-0.1, -0.05) is 18.2 Å². The van der Waals surface area contributed by atoms with E-state index in [9.17, 15) is 4.79 Å². The summed E-state index contributed by atoms with van der Waals surface area (Å²) in [5, 5.41) is 2.99. The van der Waals surface area contributed by atoms with E-state index in [1.165, 1.54) is 4.88 Å². The first-order chi connectivity index (χ1) is 12.3. The van der Waals surface area contributed by atoms with Crippen molar-refractivity contribution < 1.29 is 4.79 Å². The van der Waals surface area contributed by atoms with Crippen LogP contribution in [0.5, 0.6) is 0 Å². The first-order valence-corrected chi connectivity index (χ1v) is 10.0. The number of carbonyl (C=O) groups is 1. The second-order valence-corrected chi connectivity index (χ2v) is 8.13. The van der Waals surface area contributed by atoms with Crippen LogP contribution in [0.4, 0.5) is 0 Å². The number of fused-ring (bicyclic) bond motifs is 1. The fourth-order valence-corrected chi connectivity index (χ4v) is 4.58. The largest absolute Gasteiger partial charge is 0.337 e. The molecule has 1 aliphatic heterocycles. The van der Waals surface area contributed by atoms with Crippen molar-refractivity contribution in [3.63, 3.8) is 0 Å². The summed E-state index contributed by atoms with van der Waals surface area (Å²) in [5.41, 5.74) is 0.988. The van der Waals surface area contributed by atoms with Crippen LogP contribution < -0.4 is 0 Å². The van der Waals surface area contributed by atoms with E-state index in [0.29, 0.717) is 0 Å². The second kappa shape index (κ2) is 7.47. The highest BCUT2D eigenvalue weighted by Gasteiger charge is 2.19. The quantitative estimate of drug-likeness (QED) is 0.658. The molecule has 0 aliphatic carbocycles. The van der Waals surface area contributed by atoms with Gasteiger partial charge in [-0.15, -0.1) is 22.7 Å². The number of piperazine rings is 1. The molecular weight excluding hydrogens is 350 g/mol. The monoisotopic (exact) mass is 369 g/mol. The van der Waals surface area contributed by atoms with Gasteiger partial charge in [-0.2, -0.15) is 0 Å². The van der Waals surface area contributed by atoms with E-state index < -0.39 is 0 Å². The third-order valence-corrected chi connectivity index (χ3v) is 6.19. The fraction of sp³-hybridized carbons (Fsp3) is 0.263. The first kappa shape index (κ1) is 16.4. The van der Waals surface area contributed by atoms with Gasteiger partial charge in [0.15, 0.2) is 0 Å². The van der Waals surface area contributed by atoms with E-state index in [-0.39, 0.29) is 5.91 Å². The Morgan fingerprint density at radius 3 is 2.72 bits per heavy atom. The van der Waals surface area contributed by atoms with E-state index in [1.807, 2.05) is 29.2 Å². The molecule has 1 saturated heterocycles. The number of rotatable bonds is 4. The summed E-state index contributed by atoms with van der Waals surface area (Å²) in [6.45, 7) is 4.42. The molecule has 4 rings (SSSR count). The molecule has 25 heavy (non-hydrogen) atoms. The minimum Gasteiger partial charge on any atom is -0.337 e. The number of thiophene rings is 1. The van der Waals surface area contributed by atoms with E-state index in [0.717, 1.165) is 47.9 Å². The predicted molar refractivity (Wildman–Crippen MR) is 105 cm³/mol. The lowest BCUT2D eigenvalue weighted by Gasteiger charge is -2.33. The lowest BCUT2D eigenvalue weighted by molar-refractivity contribution is -0.127. The van der Waals surface area contributed by atoms with Crippen molar-refractivity contribution >= 4 is 44.9 Å². The van der Waals surface area contributed by atoms with Gasteiger partial charge < -0.3 is 4.90 Å². The van der Waals surface area contributed by atoms with E-state index in [4.69, 9.17) is 0 Å². The Labute approximate surface area is 155 Å². The van der Waals surface area contributed by atoms with Crippen molar-refractivity contribution in [2.75, 3.05) is 26.2 Å². The zero-order chi connectivity index (χ0) is 17.1. The third-order valence-electron chi connectivity index (χ3n) is 4.32. The number of thiazole rings is 1. The van der Waals surface area contributed by atoms with Gasteiger partial charge in [0.25, 0.3) is 0 Å². The number of carbonyl (C=O) groups excluding carboxylic acids is 1. The Kier molecular flexibility index (Phi) is 4.92. The van der Waals surface area contributed by atoms with Crippen molar-refractivity contribution in [1.29, 1.82) is 0 Å². The van der Waals surface area contributed by atoms with Gasteiger partial charge in [-0.05, 0) is 29.7 Å². The molecule has 0 spiro atoms. The van der Waals surface area contributed by atoms with Crippen molar-refractivity contribution in [3.05, 3.63) is 57.7 Å². The van der Waals surface area contributed by atoms with Gasteiger partial charge in [0.1, 0.15) is 5.01 Å². The summed E-state index contributed by atoms with van der Waals surface area (Å²) >= 11 is 3.40. The van der Waals surface area contributed by atoms with Crippen LogP contribution in [0.1, 0.15) is 9.88 Å². The number of benzene rings is 1. The molecule has 2 aromatic heterocycles. The van der Waals surface area contributed by atoms with Crippen LogP contribution in [-0.4, -0.2) is 46.9 Å². The molecule has 3 aromatic rings. The molecule has 6 heteroatoms. The van der Waals surface area contributed by atoms with Crippen molar-refractivity contribution in [3.8, 4) is 0 Å². The zero-order valence-corrected chi connectivity index (χ0v) is 15.4. The van der Waals surface area contributed by atoms with E-state index >= 15 is 0 Å². The molecular formula is C19H19N3OS2. The van der Waals surface area contributed by atoms with Gasteiger partial charge >= 0.3 is 0 Å². The Balaban J connectivity index is 1.32. The summed E-state index contributed by atoms with van der Waals surface area (Å²) in [7, 11) is 0. The van der Waals surface area contributed by atoms with Crippen LogP contribution >= 0.6 is 22.7 Å². The van der Waals surface area contributed by atoms with Gasteiger partial charge in [-0.25, -0.2) is 4.98 Å². The summed E-state index contributed by atoms with van der Waals surface area (Å²) in [6, 6.07) is 12.3. The molecule has 4 nitrogen and oxygen atoms in total. The SMILES string of the molecule is O=C(/C=C/c1nc2ccccc2s1)N1CCN(Cc2cccs2)CC1. The summed E-state index contributed by atoms with van der Waals surface area (Å²) in [5.74, 6) is 0.0787. The number of nitrogens with zero attached hydrogens (tertiary/aromatic N) is 3. The van der Waals surface area contributed by atoms with E-state index in [2.05, 4.69) is 33.5 Å². The second-order valence-electron chi connectivity index (χ2n) is 6.03. The average Bonchev–Trinajstić information content (AvgIpc) is 3.29. The van der Waals surface area contributed by atoms with Gasteiger partial charge in [0.05, 0.1) is 10.2 Å². The number of para-hydroxylation sites is 1. The first-order valence-electron chi connectivity index (χ1n) is 8.35. The maximum absolute atomic E-state index is 12.4. The van der Waals surface area contributed by atoms with Gasteiger partial charge in [0, 0.05) is 43.7 Å². The molecule has 0 unspecified atom stereocenters. The third kappa shape index (κ3) is 3.98. The minimum atomic E-state index is 0.0787. The maximum atomic E-state index is 12.4. The summed E-state index contributed by atoms with van der Waals surface area (Å²) < 4.78 is 1.15. The molecule has 0 saturated carbocycles. The van der Waals surface area contributed by atoms with Crippen LogP contribution in [0.15, 0.2) is 47.9 Å². The fourth-order valence-electron chi connectivity index (χ4n) is 2.96. The molecule has 0 bridgehead atoms. The molecule has 1 amide bonds. The van der Waals surface area contributed by atoms with Crippen LogP contribution in [0.2, 0.25) is 0 Å². The minimum absolute atomic E-state index is 0.0787. The molecule has 0 atom stereocenters. The van der Waals surface area contributed by atoms with E-state index in [1.54, 1.807) is 28.7 Å². The molecule has 3 heterocycles. The van der Waals surface area contributed by atoms with Crippen molar-refractivity contribution in [2.24, 2.45) is 0 Å². The lowest BCUT2D eigenvalue weighted by atomic mass is 10.3. The predicted octanol–water partition coefficient (Wildman–Crippen LogP) is 3.72. The average molecular weight is 370 g/mol. The van der Waals surface area contributed by atoms with Crippen LogP contribution in [0.3, 0.4) is 0 Å². The maximum Gasteiger partial charge on any atom is 0.246 e. The van der Waals surface area contributed by atoms with Gasteiger partial charge in [0.2, 0.25) is 5.91 Å². The Hall–Kier alpha value is -2.02. The Morgan fingerprint density at radius 1 is 1.12 bits per heavy atom. The normalized spacial score (nSPS) is 16.1. The summed E-state index contributed by atoms with van der Waals surface area (Å²) in [6.07, 6.45) is 3.50. The van der Waals surface area contributed by atoms with Crippen LogP contribution in [-0.2, 0) is 11.3 Å². The molecule has 0 radical (unpaired) electrons. The molecule has 0 N–H and O–H groups in total. The number of amides is 1. The molecule has 128 valence electrons. The number of hydrogen-bond donors (Lipinski definition) is 0. The zero-order valence-electron chi connectivity index (χ0n) is 13.8. The Bertz CT molecular complexity index is 844. The highest BCUT2D eigenvalue weighted by atomic mass is 32.1. The smallest absolute Gasteiger partial charge is 0.246 e. The highest BCUT2D eigenvalue weighted by molar-refractivity contribution is 7.19. The highest BCUT2D eigenvalue weighted by Crippen LogP contribution is 2.22. The van der Waals surface area contributed by atoms with Crippen molar-refractivity contribution in [1.82, 2.24) is 14.8 Å². The number of aromatic nitrogens is 1. The number of hydrogen-bond acceptors (Lipinski definition) is 5. The van der Waals surface area contributed by atoms with Crippen LogP contribution in [0.25, 0.3) is 16.3 Å². The molecule has 1 aromatic carbocycles. The van der Waals surface area contributed by atoms with Crippen molar-refractivity contribution in [2.45, 2.75) is 6.54 Å². The summed E-state index contributed by atoms with van der Waals surface area (Å²) in [4.78, 5) is 22.7. The molecule has 1 fully saturated rings. The standard InChI is InChI=1S/C19H19N3OS2/c23-19(8-7-18-20-16-5-1-2-6-17(16)25-18)22-11-9-21(10-12-22)14-15-4-3-13-24-15/h1-8,13H,9-12,14H2/b8-7+. The lowest BCUT2D eigenvalue weighted by Crippen LogP contribution is -2.47. The van der Waals surface area contributed by atoms with Crippen LogP contribution in [0, 0.1) is 0 Å². The topological polar surface area (TPSA) is 36.4 Å². The Morgan fingerprint density at radius 2 is 1.96 bits per heavy atom. The molecule has 1 aliphatic rings. The van der Waals surface area contributed by atoms with Gasteiger partial charge in [-0.3, -0.25) is 9.69 Å².